The van der Waals surface area contributed by atoms with Crippen LogP contribution in [0.2, 0.25) is 5.02 Å². The Hall–Kier alpha value is -3.93. The normalized spacial score (nSPS) is 11.4. The Morgan fingerprint density at radius 1 is 1.05 bits per heavy atom. The van der Waals surface area contributed by atoms with Crippen LogP contribution in [0.5, 0.6) is 17.2 Å². The highest BCUT2D eigenvalue weighted by atomic mass is 35.5. The van der Waals surface area contributed by atoms with Gasteiger partial charge in [-0.25, -0.2) is 13.3 Å². The van der Waals surface area contributed by atoms with Crippen LogP contribution in [0.25, 0.3) is 5.69 Å². The Balaban J connectivity index is 1.64. The van der Waals surface area contributed by atoms with Crippen molar-refractivity contribution in [1.82, 2.24) is 9.55 Å². The second-order valence-electron chi connectivity index (χ2n) is 8.88. The van der Waals surface area contributed by atoms with Crippen molar-refractivity contribution in [1.29, 1.82) is 0 Å². The molecular formula is C28H24ClF2N2O8P. The van der Waals surface area contributed by atoms with E-state index in [2.05, 4.69) is 9.51 Å². The summed E-state index contributed by atoms with van der Waals surface area (Å²) < 4.78 is 56.7. The average molecular weight is 621 g/mol. The number of carbonyl (C=O) groups is 1. The van der Waals surface area contributed by atoms with E-state index in [9.17, 15) is 22.9 Å². The number of aromatic nitrogens is 2. The maximum Gasteiger partial charge on any atom is 0.469 e. The average Bonchev–Trinajstić information content (AvgIpc) is 2.92. The topological polar surface area (TPSA) is 137 Å². The van der Waals surface area contributed by atoms with Crippen LogP contribution >= 0.6 is 19.4 Å². The predicted molar refractivity (Wildman–Crippen MR) is 148 cm³/mol. The fourth-order valence-corrected chi connectivity index (χ4v) is 4.42. The SMILES string of the molecule is CCOc1ccn(-c2ccc(F)c(COP(=O)(O)O)c2)c(=O)c1C(=O)Cc1ccc(Oc2ccnc(C)c2Cl)c(F)c1. The summed E-state index contributed by atoms with van der Waals surface area (Å²) in [6.07, 6.45) is 2.41. The molecule has 0 fully saturated rings. The van der Waals surface area contributed by atoms with Crippen molar-refractivity contribution in [2.45, 2.75) is 26.9 Å². The summed E-state index contributed by atoms with van der Waals surface area (Å²) in [6.45, 7) is 2.71. The number of Topliss-reactive ketones (excluding diaryl/α,β-unsaturated/α-hetero) is 1. The molecule has 2 N–H and O–H groups in total. The maximum absolute atomic E-state index is 14.9. The highest BCUT2D eigenvalue weighted by molar-refractivity contribution is 7.46. The molecule has 14 heteroatoms. The van der Waals surface area contributed by atoms with E-state index in [0.29, 0.717) is 5.69 Å². The third kappa shape index (κ3) is 7.28. The first-order valence-corrected chi connectivity index (χ1v) is 14.3. The monoisotopic (exact) mass is 620 g/mol. The molecule has 4 aromatic rings. The van der Waals surface area contributed by atoms with Crippen LogP contribution in [0.4, 0.5) is 8.78 Å². The first-order valence-electron chi connectivity index (χ1n) is 12.4. The van der Waals surface area contributed by atoms with E-state index >= 15 is 0 Å². The van der Waals surface area contributed by atoms with Crippen molar-refractivity contribution in [3.63, 3.8) is 0 Å². The van der Waals surface area contributed by atoms with E-state index < -0.39 is 37.4 Å². The molecule has 0 atom stereocenters. The van der Waals surface area contributed by atoms with Gasteiger partial charge in [0, 0.05) is 36.1 Å². The summed E-state index contributed by atoms with van der Waals surface area (Å²) >= 11 is 6.17. The molecular weight excluding hydrogens is 597 g/mol. The number of benzene rings is 2. The molecule has 2 aromatic heterocycles. The van der Waals surface area contributed by atoms with Gasteiger partial charge in [-0.15, -0.1) is 0 Å². The number of ether oxygens (including phenoxy) is 2. The van der Waals surface area contributed by atoms with Gasteiger partial charge in [-0.1, -0.05) is 17.7 Å². The van der Waals surface area contributed by atoms with E-state index in [4.69, 9.17) is 30.9 Å². The minimum Gasteiger partial charge on any atom is -0.493 e. The summed E-state index contributed by atoms with van der Waals surface area (Å²) in [6, 6.07) is 10.2. The first-order chi connectivity index (χ1) is 19.9. The van der Waals surface area contributed by atoms with Gasteiger partial charge in [0.25, 0.3) is 5.56 Å². The predicted octanol–water partition coefficient (Wildman–Crippen LogP) is 5.70. The lowest BCUT2D eigenvalue weighted by molar-refractivity contribution is 0.0987. The molecule has 0 aliphatic heterocycles. The molecule has 0 radical (unpaired) electrons. The van der Waals surface area contributed by atoms with Crippen LogP contribution in [-0.4, -0.2) is 31.7 Å². The van der Waals surface area contributed by atoms with Gasteiger partial charge in [0.2, 0.25) is 0 Å². The highest BCUT2D eigenvalue weighted by Gasteiger charge is 2.22. The number of hydrogen-bond donors (Lipinski definition) is 2. The van der Waals surface area contributed by atoms with Crippen molar-refractivity contribution in [2.75, 3.05) is 6.61 Å². The Bertz CT molecular complexity index is 1760. The van der Waals surface area contributed by atoms with E-state index in [1.54, 1.807) is 13.8 Å². The van der Waals surface area contributed by atoms with Gasteiger partial charge in [0.05, 0.1) is 18.9 Å². The molecule has 0 unspecified atom stereocenters. The fraction of sp³-hybridized carbons (Fsp3) is 0.179. The minimum absolute atomic E-state index is 0.000887. The molecule has 2 heterocycles. The van der Waals surface area contributed by atoms with Gasteiger partial charge in [-0.05, 0) is 55.8 Å². The third-order valence-electron chi connectivity index (χ3n) is 5.94. The van der Waals surface area contributed by atoms with Gasteiger partial charge in [-0.3, -0.25) is 23.7 Å². The Morgan fingerprint density at radius 2 is 1.81 bits per heavy atom. The number of halogens is 3. The minimum atomic E-state index is -4.88. The lowest BCUT2D eigenvalue weighted by Gasteiger charge is -2.14. The summed E-state index contributed by atoms with van der Waals surface area (Å²) in [5, 5.41) is 0.225. The summed E-state index contributed by atoms with van der Waals surface area (Å²) in [5.74, 6) is -2.19. The van der Waals surface area contributed by atoms with Gasteiger partial charge in [0.15, 0.2) is 17.3 Å². The molecule has 0 spiro atoms. The first kappa shape index (κ1) is 31.0. The standard InChI is InChI=1S/C28H24ClF2N2O8P/c1-3-39-24-9-11-33(19-5-6-20(30)18(14-19)15-40-42(36,37)38)28(35)26(24)22(34)13-17-4-7-23(21(31)12-17)41-25-8-10-32-16(2)27(25)29/h4-12,14H,3,13,15H2,1-2H3,(H2,36,37,38). The van der Waals surface area contributed by atoms with Gasteiger partial charge in [-0.2, -0.15) is 0 Å². The zero-order valence-electron chi connectivity index (χ0n) is 22.2. The summed E-state index contributed by atoms with van der Waals surface area (Å²) in [7, 11) is -4.88. The second kappa shape index (κ2) is 12.9. The van der Waals surface area contributed by atoms with Crippen LogP contribution in [0.1, 0.15) is 34.1 Å². The molecule has 0 amide bonds. The quantitative estimate of drug-likeness (QED) is 0.160. The van der Waals surface area contributed by atoms with Gasteiger partial charge < -0.3 is 19.3 Å². The molecule has 0 aliphatic rings. The van der Waals surface area contributed by atoms with E-state index in [-0.39, 0.29) is 57.7 Å². The van der Waals surface area contributed by atoms with Crippen molar-refractivity contribution < 1.29 is 41.9 Å². The Kier molecular flexibility index (Phi) is 9.55. The second-order valence-corrected chi connectivity index (χ2v) is 10.5. The third-order valence-corrected chi connectivity index (χ3v) is 6.86. The Morgan fingerprint density at radius 3 is 2.50 bits per heavy atom. The lowest BCUT2D eigenvalue weighted by atomic mass is 10.0. The maximum atomic E-state index is 14.9. The van der Waals surface area contributed by atoms with Crippen LogP contribution in [0.3, 0.4) is 0 Å². The summed E-state index contributed by atoms with van der Waals surface area (Å²) in [5.41, 5.74) is -0.510. The molecule has 220 valence electrons. The van der Waals surface area contributed by atoms with E-state index in [1.807, 2.05) is 0 Å². The largest absolute Gasteiger partial charge is 0.493 e. The van der Waals surface area contributed by atoms with Crippen LogP contribution in [-0.2, 0) is 22.1 Å². The molecule has 42 heavy (non-hydrogen) atoms. The van der Waals surface area contributed by atoms with Crippen molar-refractivity contribution in [3.8, 4) is 22.9 Å². The molecule has 0 bridgehead atoms. The number of nitrogens with zero attached hydrogens (tertiary/aromatic N) is 2. The van der Waals surface area contributed by atoms with Crippen LogP contribution < -0.4 is 15.0 Å². The molecule has 0 aliphatic carbocycles. The molecule has 10 nitrogen and oxygen atoms in total. The number of aryl methyl sites for hydroxylation is 1. The number of pyridine rings is 2. The van der Waals surface area contributed by atoms with Crippen molar-refractivity contribution in [2.24, 2.45) is 0 Å². The summed E-state index contributed by atoms with van der Waals surface area (Å²) in [4.78, 5) is 48.8. The molecule has 4 rings (SSSR count). The number of rotatable bonds is 11. The van der Waals surface area contributed by atoms with E-state index in [1.165, 1.54) is 42.7 Å². The fourth-order valence-electron chi connectivity index (χ4n) is 3.96. The zero-order valence-corrected chi connectivity index (χ0v) is 23.9. The number of phosphoric ester groups is 1. The van der Waals surface area contributed by atoms with Crippen molar-refractivity contribution in [3.05, 3.63) is 110 Å². The molecule has 0 saturated heterocycles. The van der Waals surface area contributed by atoms with Gasteiger partial charge in [0.1, 0.15) is 27.9 Å². The van der Waals surface area contributed by atoms with E-state index in [0.717, 1.165) is 22.8 Å². The van der Waals surface area contributed by atoms with Crippen LogP contribution in [0.15, 0.2) is 65.7 Å². The van der Waals surface area contributed by atoms with Crippen molar-refractivity contribution >= 4 is 25.2 Å². The Labute approximate surface area is 243 Å². The zero-order chi connectivity index (χ0) is 30.6. The molecule has 2 aromatic carbocycles. The van der Waals surface area contributed by atoms with Crippen LogP contribution in [0, 0.1) is 18.6 Å². The number of ketones is 1. The smallest absolute Gasteiger partial charge is 0.469 e. The molecule has 0 saturated carbocycles. The number of phosphoric acid groups is 1. The lowest BCUT2D eigenvalue weighted by Crippen LogP contribution is -2.27. The number of hydrogen-bond acceptors (Lipinski definition) is 7. The number of carbonyl (C=O) groups excluding carboxylic acids is 1. The van der Waals surface area contributed by atoms with Gasteiger partial charge >= 0.3 is 7.82 Å². The highest BCUT2D eigenvalue weighted by Crippen LogP contribution is 2.37.